The monoisotopic (exact) mass is 431 g/mol. The fourth-order valence-electron chi connectivity index (χ4n) is 3.86. The standard InChI is InChI=1S/C24H18FN3O2S/c25-16-10-8-15(9-11-16)22(29)28-24-27-21-18(12-13-20(21)31-24)23(30)26-19-7-3-5-14-4-1-2-6-17(14)19/h1-11,18H,12-13H2,(H,26,30)(H,27,28,29). The molecule has 5 nitrogen and oxygen atoms in total. The van der Waals surface area contributed by atoms with Crippen LogP contribution in [0.2, 0.25) is 0 Å². The minimum absolute atomic E-state index is 0.100. The summed E-state index contributed by atoms with van der Waals surface area (Å²) < 4.78 is 13.1. The third-order valence-electron chi connectivity index (χ3n) is 5.41. The molecule has 4 aromatic rings. The van der Waals surface area contributed by atoms with Gasteiger partial charge in [-0.2, -0.15) is 0 Å². The smallest absolute Gasteiger partial charge is 0.257 e. The third kappa shape index (κ3) is 3.80. The zero-order valence-corrected chi connectivity index (χ0v) is 17.2. The number of rotatable bonds is 4. The number of hydrogen-bond donors (Lipinski definition) is 2. The maximum Gasteiger partial charge on any atom is 0.257 e. The molecule has 154 valence electrons. The molecule has 0 bridgehead atoms. The minimum Gasteiger partial charge on any atom is -0.325 e. The molecular formula is C24H18FN3O2S. The van der Waals surface area contributed by atoms with Crippen LogP contribution in [0.15, 0.2) is 66.7 Å². The highest BCUT2D eigenvalue weighted by Crippen LogP contribution is 2.39. The van der Waals surface area contributed by atoms with Crippen molar-refractivity contribution in [1.29, 1.82) is 0 Å². The van der Waals surface area contributed by atoms with E-state index in [1.807, 2.05) is 42.5 Å². The van der Waals surface area contributed by atoms with E-state index in [4.69, 9.17) is 0 Å². The Labute approximate surface area is 181 Å². The number of nitrogens with zero attached hydrogens (tertiary/aromatic N) is 1. The molecule has 0 saturated heterocycles. The van der Waals surface area contributed by atoms with E-state index < -0.39 is 5.82 Å². The van der Waals surface area contributed by atoms with Crippen molar-refractivity contribution in [3.05, 3.63) is 88.7 Å². The molecule has 3 aromatic carbocycles. The van der Waals surface area contributed by atoms with Crippen molar-refractivity contribution < 1.29 is 14.0 Å². The summed E-state index contributed by atoms with van der Waals surface area (Å²) in [5, 5.41) is 8.30. The number of aromatic nitrogens is 1. The molecule has 1 heterocycles. The number of fused-ring (bicyclic) bond motifs is 2. The summed E-state index contributed by atoms with van der Waals surface area (Å²) in [6.45, 7) is 0. The van der Waals surface area contributed by atoms with Crippen LogP contribution in [0.25, 0.3) is 10.8 Å². The lowest BCUT2D eigenvalue weighted by atomic mass is 10.1. The summed E-state index contributed by atoms with van der Waals surface area (Å²) in [6.07, 6.45) is 1.43. The molecule has 7 heteroatoms. The predicted octanol–water partition coefficient (Wildman–Crippen LogP) is 5.36. The van der Waals surface area contributed by atoms with Gasteiger partial charge in [0.05, 0.1) is 11.6 Å². The Bertz CT molecular complexity index is 1290. The summed E-state index contributed by atoms with van der Waals surface area (Å²) in [4.78, 5) is 31.0. The Morgan fingerprint density at radius 2 is 1.74 bits per heavy atom. The van der Waals surface area contributed by atoms with E-state index in [-0.39, 0.29) is 17.7 Å². The molecular weight excluding hydrogens is 413 g/mol. The van der Waals surface area contributed by atoms with Crippen LogP contribution in [0, 0.1) is 5.82 Å². The van der Waals surface area contributed by atoms with E-state index >= 15 is 0 Å². The van der Waals surface area contributed by atoms with Gasteiger partial charge in [0.1, 0.15) is 5.82 Å². The Morgan fingerprint density at radius 1 is 0.968 bits per heavy atom. The molecule has 0 spiro atoms. The van der Waals surface area contributed by atoms with Gasteiger partial charge in [-0.1, -0.05) is 36.4 Å². The highest BCUT2D eigenvalue weighted by Gasteiger charge is 2.33. The summed E-state index contributed by atoms with van der Waals surface area (Å²) in [5.41, 5.74) is 1.84. The Hall–Kier alpha value is -3.58. The highest BCUT2D eigenvalue weighted by molar-refractivity contribution is 7.16. The number of benzene rings is 3. The average Bonchev–Trinajstić information content (AvgIpc) is 3.34. The van der Waals surface area contributed by atoms with Gasteiger partial charge in [-0.15, -0.1) is 11.3 Å². The molecule has 1 aromatic heterocycles. The number of nitrogens with one attached hydrogen (secondary N) is 2. The molecule has 2 amide bonds. The van der Waals surface area contributed by atoms with Gasteiger partial charge in [0.15, 0.2) is 5.13 Å². The van der Waals surface area contributed by atoms with Gasteiger partial charge >= 0.3 is 0 Å². The summed E-state index contributed by atoms with van der Waals surface area (Å²) in [6, 6.07) is 19.1. The van der Waals surface area contributed by atoms with Crippen molar-refractivity contribution >= 4 is 44.7 Å². The quantitative estimate of drug-likeness (QED) is 0.457. The maximum absolute atomic E-state index is 13.1. The summed E-state index contributed by atoms with van der Waals surface area (Å²) in [5.74, 6) is -1.22. The number of halogens is 1. The van der Waals surface area contributed by atoms with Crippen LogP contribution in [0.3, 0.4) is 0 Å². The number of hydrogen-bond acceptors (Lipinski definition) is 4. The van der Waals surface area contributed by atoms with Crippen LogP contribution in [-0.2, 0) is 11.2 Å². The number of carbonyl (C=O) groups excluding carboxylic acids is 2. The molecule has 0 fully saturated rings. The highest BCUT2D eigenvalue weighted by atomic mass is 32.1. The molecule has 1 unspecified atom stereocenters. The first-order valence-corrected chi connectivity index (χ1v) is 10.8. The first-order valence-electron chi connectivity index (χ1n) is 9.93. The van der Waals surface area contributed by atoms with E-state index in [0.29, 0.717) is 17.1 Å². The number of anilines is 2. The zero-order valence-electron chi connectivity index (χ0n) is 16.4. The van der Waals surface area contributed by atoms with Crippen LogP contribution >= 0.6 is 11.3 Å². The van der Waals surface area contributed by atoms with Crippen molar-refractivity contribution in [2.24, 2.45) is 0 Å². The van der Waals surface area contributed by atoms with Crippen LogP contribution in [0.4, 0.5) is 15.2 Å². The number of thiazole rings is 1. The number of carbonyl (C=O) groups is 2. The van der Waals surface area contributed by atoms with Crippen molar-refractivity contribution in [1.82, 2.24) is 4.98 Å². The van der Waals surface area contributed by atoms with E-state index in [1.165, 1.54) is 35.6 Å². The van der Waals surface area contributed by atoms with E-state index in [9.17, 15) is 14.0 Å². The van der Waals surface area contributed by atoms with Gasteiger partial charge in [0, 0.05) is 21.5 Å². The third-order valence-corrected chi connectivity index (χ3v) is 6.45. The second kappa shape index (κ2) is 7.92. The van der Waals surface area contributed by atoms with Crippen molar-refractivity contribution in [3.63, 3.8) is 0 Å². The molecule has 1 aliphatic carbocycles. The maximum atomic E-state index is 13.1. The normalized spacial score (nSPS) is 14.9. The van der Waals surface area contributed by atoms with Crippen LogP contribution in [0.5, 0.6) is 0 Å². The fourth-order valence-corrected chi connectivity index (χ4v) is 4.89. The molecule has 0 saturated carbocycles. The lowest BCUT2D eigenvalue weighted by molar-refractivity contribution is -0.117. The summed E-state index contributed by atoms with van der Waals surface area (Å²) in [7, 11) is 0. The Kier molecular flexibility index (Phi) is 4.95. The van der Waals surface area contributed by atoms with Gasteiger partial charge in [0.25, 0.3) is 5.91 Å². The Morgan fingerprint density at radius 3 is 2.58 bits per heavy atom. The van der Waals surface area contributed by atoms with Crippen LogP contribution in [0.1, 0.15) is 33.3 Å². The SMILES string of the molecule is O=C(Nc1nc2c(s1)CCC2C(=O)Nc1cccc2ccccc12)c1ccc(F)cc1. The van der Waals surface area contributed by atoms with Crippen molar-refractivity contribution in [3.8, 4) is 0 Å². The molecule has 1 aliphatic rings. The average molecular weight is 431 g/mol. The first-order chi connectivity index (χ1) is 15.1. The van der Waals surface area contributed by atoms with Gasteiger partial charge in [-0.3, -0.25) is 14.9 Å². The van der Waals surface area contributed by atoms with E-state index in [0.717, 1.165) is 33.5 Å². The summed E-state index contributed by atoms with van der Waals surface area (Å²) >= 11 is 1.38. The lowest BCUT2D eigenvalue weighted by Crippen LogP contribution is -2.20. The van der Waals surface area contributed by atoms with E-state index in [2.05, 4.69) is 15.6 Å². The first kappa shape index (κ1) is 19.4. The molecule has 1 atom stereocenters. The Balaban J connectivity index is 1.33. The lowest BCUT2D eigenvalue weighted by Gasteiger charge is -2.13. The number of aryl methyl sites for hydroxylation is 1. The molecule has 31 heavy (non-hydrogen) atoms. The molecule has 5 rings (SSSR count). The minimum atomic E-state index is -0.398. The fraction of sp³-hybridized carbons (Fsp3) is 0.125. The van der Waals surface area contributed by atoms with Crippen molar-refractivity contribution in [2.45, 2.75) is 18.8 Å². The molecule has 2 N–H and O–H groups in total. The predicted molar refractivity (Wildman–Crippen MR) is 120 cm³/mol. The van der Waals surface area contributed by atoms with Gasteiger partial charge < -0.3 is 5.32 Å². The van der Waals surface area contributed by atoms with Crippen LogP contribution in [-0.4, -0.2) is 16.8 Å². The molecule has 0 aliphatic heterocycles. The molecule has 0 radical (unpaired) electrons. The van der Waals surface area contributed by atoms with E-state index in [1.54, 1.807) is 0 Å². The second-order valence-electron chi connectivity index (χ2n) is 7.40. The van der Waals surface area contributed by atoms with Crippen LogP contribution < -0.4 is 10.6 Å². The second-order valence-corrected chi connectivity index (χ2v) is 8.48. The largest absolute Gasteiger partial charge is 0.325 e. The van der Waals surface area contributed by atoms with Crippen molar-refractivity contribution in [2.75, 3.05) is 10.6 Å². The van der Waals surface area contributed by atoms with Gasteiger partial charge in [0.2, 0.25) is 5.91 Å². The van der Waals surface area contributed by atoms with Gasteiger partial charge in [-0.25, -0.2) is 9.37 Å². The number of amides is 2. The zero-order chi connectivity index (χ0) is 21.4. The topological polar surface area (TPSA) is 71.1 Å². The van der Waals surface area contributed by atoms with Gasteiger partial charge in [-0.05, 0) is 48.6 Å².